The summed E-state index contributed by atoms with van der Waals surface area (Å²) in [4.78, 5) is 0. The highest BCUT2D eigenvalue weighted by Gasteiger charge is 1.95. The van der Waals surface area contributed by atoms with Gasteiger partial charge in [0.1, 0.15) is 5.75 Å². The Labute approximate surface area is 73.7 Å². The predicted molar refractivity (Wildman–Crippen MR) is 52.3 cm³/mol. The third-order valence-electron chi connectivity index (χ3n) is 1.57. The molecule has 1 aromatic carbocycles. The summed E-state index contributed by atoms with van der Waals surface area (Å²) >= 11 is 0. The Bertz CT molecular complexity index is 263. The topological polar surface area (TPSA) is 9.23 Å². The summed E-state index contributed by atoms with van der Waals surface area (Å²) in [5.74, 6) is 0.957. The number of benzene rings is 1. The van der Waals surface area contributed by atoms with Crippen LogP contribution < -0.4 is 4.74 Å². The lowest BCUT2D eigenvalue weighted by Gasteiger charge is -2.05. The van der Waals surface area contributed by atoms with E-state index in [1.54, 1.807) is 0 Å². The van der Waals surface area contributed by atoms with Crippen molar-refractivity contribution in [1.82, 2.24) is 0 Å². The average Bonchev–Trinajstić information content (AvgIpc) is 2.09. The molecule has 0 aliphatic rings. The molecule has 1 rings (SSSR count). The van der Waals surface area contributed by atoms with Crippen LogP contribution in [0.5, 0.6) is 5.75 Å². The molecule has 1 heteroatoms. The standard InChI is InChI=1S/C11H14O/c1-3-7-10-8-5-6-9-11(10)12-4-2/h3,5-9H,4H2,1-2H3. The van der Waals surface area contributed by atoms with E-state index in [9.17, 15) is 0 Å². The van der Waals surface area contributed by atoms with E-state index in [0.717, 1.165) is 11.3 Å². The van der Waals surface area contributed by atoms with Crippen molar-refractivity contribution in [3.05, 3.63) is 35.9 Å². The normalized spacial score (nSPS) is 10.5. The Hall–Kier alpha value is -1.24. The van der Waals surface area contributed by atoms with Gasteiger partial charge in [0.2, 0.25) is 0 Å². The lowest BCUT2D eigenvalue weighted by atomic mass is 10.2. The number of allylic oxidation sites excluding steroid dienone is 1. The van der Waals surface area contributed by atoms with Crippen LogP contribution in [-0.4, -0.2) is 6.61 Å². The lowest BCUT2D eigenvalue weighted by molar-refractivity contribution is 0.339. The highest BCUT2D eigenvalue weighted by molar-refractivity contribution is 5.56. The smallest absolute Gasteiger partial charge is 0.126 e. The lowest BCUT2D eigenvalue weighted by Crippen LogP contribution is -1.92. The molecule has 0 bridgehead atoms. The second kappa shape index (κ2) is 4.60. The number of ether oxygens (including phenoxy) is 1. The molecule has 1 aromatic rings. The minimum absolute atomic E-state index is 0.717. The first kappa shape index (κ1) is 8.85. The predicted octanol–water partition coefficient (Wildman–Crippen LogP) is 3.12. The highest BCUT2D eigenvalue weighted by atomic mass is 16.5. The van der Waals surface area contributed by atoms with Crippen LogP contribution in [-0.2, 0) is 0 Å². The van der Waals surface area contributed by atoms with Crippen molar-refractivity contribution in [2.24, 2.45) is 0 Å². The molecule has 0 saturated carbocycles. The van der Waals surface area contributed by atoms with Gasteiger partial charge in [-0.2, -0.15) is 0 Å². The van der Waals surface area contributed by atoms with Gasteiger partial charge < -0.3 is 4.74 Å². The van der Waals surface area contributed by atoms with Crippen molar-refractivity contribution >= 4 is 6.08 Å². The molecule has 0 aromatic heterocycles. The zero-order valence-electron chi connectivity index (χ0n) is 7.58. The first-order valence-electron chi connectivity index (χ1n) is 4.23. The second-order valence-electron chi connectivity index (χ2n) is 2.47. The highest BCUT2D eigenvalue weighted by Crippen LogP contribution is 2.18. The van der Waals surface area contributed by atoms with Gasteiger partial charge in [0.05, 0.1) is 6.61 Å². The number of rotatable bonds is 3. The number of hydrogen-bond acceptors (Lipinski definition) is 1. The molecule has 0 aliphatic heterocycles. The Morgan fingerprint density at radius 2 is 2.08 bits per heavy atom. The Morgan fingerprint density at radius 1 is 1.33 bits per heavy atom. The van der Waals surface area contributed by atoms with E-state index in [2.05, 4.69) is 0 Å². The van der Waals surface area contributed by atoms with Crippen LogP contribution in [0.3, 0.4) is 0 Å². The van der Waals surface area contributed by atoms with E-state index in [1.807, 2.05) is 50.3 Å². The van der Waals surface area contributed by atoms with Crippen LogP contribution in [0.1, 0.15) is 19.4 Å². The van der Waals surface area contributed by atoms with Gasteiger partial charge in [-0.15, -0.1) is 0 Å². The van der Waals surface area contributed by atoms with Gasteiger partial charge in [-0.05, 0) is 19.9 Å². The summed E-state index contributed by atoms with van der Waals surface area (Å²) < 4.78 is 5.44. The molecule has 0 fully saturated rings. The monoisotopic (exact) mass is 162 g/mol. The first-order valence-corrected chi connectivity index (χ1v) is 4.23. The van der Waals surface area contributed by atoms with Gasteiger partial charge in [-0.25, -0.2) is 0 Å². The van der Waals surface area contributed by atoms with Crippen LogP contribution in [0.25, 0.3) is 6.08 Å². The summed E-state index contributed by atoms with van der Waals surface area (Å²) in [6.07, 6.45) is 4.06. The van der Waals surface area contributed by atoms with Crippen LogP contribution in [0.15, 0.2) is 30.3 Å². The second-order valence-corrected chi connectivity index (χ2v) is 2.47. The molecule has 0 spiro atoms. The number of para-hydroxylation sites is 1. The van der Waals surface area contributed by atoms with Gasteiger partial charge in [0.15, 0.2) is 0 Å². The third kappa shape index (κ3) is 2.12. The first-order chi connectivity index (χ1) is 5.88. The van der Waals surface area contributed by atoms with Gasteiger partial charge in [-0.3, -0.25) is 0 Å². The summed E-state index contributed by atoms with van der Waals surface area (Å²) in [6.45, 7) is 4.71. The van der Waals surface area contributed by atoms with Crippen molar-refractivity contribution in [3.8, 4) is 5.75 Å². The summed E-state index contributed by atoms with van der Waals surface area (Å²) in [5.41, 5.74) is 1.14. The molecule has 0 radical (unpaired) electrons. The molecular weight excluding hydrogens is 148 g/mol. The summed E-state index contributed by atoms with van der Waals surface area (Å²) in [5, 5.41) is 0. The van der Waals surface area contributed by atoms with Crippen molar-refractivity contribution in [3.63, 3.8) is 0 Å². The van der Waals surface area contributed by atoms with E-state index < -0.39 is 0 Å². The molecule has 0 atom stereocenters. The fourth-order valence-corrected chi connectivity index (χ4v) is 1.08. The van der Waals surface area contributed by atoms with Crippen molar-refractivity contribution in [2.75, 3.05) is 6.61 Å². The van der Waals surface area contributed by atoms with Crippen LogP contribution in [0, 0.1) is 0 Å². The molecular formula is C11H14O. The van der Waals surface area contributed by atoms with Crippen molar-refractivity contribution < 1.29 is 4.74 Å². The van der Waals surface area contributed by atoms with E-state index in [0.29, 0.717) is 6.61 Å². The van der Waals surface area contributed by atoms with Crippen LogP contribution in [0.4, 0.5) is 0 Å². The van der Waals surface area contributed by atoms with Gasteiger partial charge >= 0.3 is 0 Å². The number of hydrogen-bond donors (Lipinski definition) is 0. The Kier molecular flexibility index (Phi) is 3.39. The SMILES string of the molecule is CC=Cc1ccccc1OCC. The third-order valence-corrected chi connectivity index (χ3v) is 1.57. The fourth-order valence-electron chi connectivity index (χ4n) is 1.08. The zero-order valence-corrected chi connectivity index (χ0v) is 7.58. The molecule has 0 amide bonds. The largest absolute Gasteiger partial charge is 0.493 e. The van der Waals surface area contributed by atoms with Gasteiger partial charge in [0, 0.05) is 5.56 Å². The maximum Gasteiger partial charge on any atom is 0.126 e. The minimum atomic E-state index is 0.717. The van der Waals surface area contributed by atoms with E-state index >= 15 is 0 Å². The summed E-state index contributed by atoms with van der Waals surface area (Å²) in [6, 6.07) is 8.03. The van der Waals surface area contributed by atoms with Crippen molar-refractivity contribution in [1.29, 1.82) is 0 Å². The zero-order chi connectivity index (χ0) is 8.81. The average molecular weight is 162 g/mol. The fraction of sp³-hybridized carbons (Fsp3) is 0.273. The van der Waals surface area contributed by atoms with E-state index in [4.69, 9.17) is 4.74 Å². The minimum Gasteiger partial charge on any atom is -0.493 e. The van der Waals surface area contributed by atoms with E-state index in [1.165, 1.54) is 0 Å². The van der Waals surface area contributed by atoms with Crippen LogP contribution >= 0.6 is 0 Å². The quantitative estimate of drug-likeness (QED) is 0.663. The molecule has 0 aliphatic carbocycles. The Morgan fingerprint density at radius 3 is 2.75 bits per heavy atom. The summed E-state index contributed by atoms with van der Waals surface area (Å²) in [7, 11) is 0. The maximum atomic E-state index is 5.44. The van der Waals surface area contributed by atoms with Crippen LogP contribution in [0.2, 0.25) is 0 Å². The molecule has 12 heavy (non-hydrogen) atoms. The maximum absolute atomic E-state index is 5.44. The van der Waals surface area contributed by atoms with E-state index in [-0.39, 0.29) is 0 Å². The van der Waals surface area contributed by atoms with Gasteiger partial charge in [0.25, 0.3) is 0 Å². The van der Waals surface area contributed by atoms with Gasteiger partial charge in [-0.1, -0.05) is 30.4 Å². The Balaban J connectivity index is 2.91. The molecule has 0 heterocycles. The molecule has 0 N–H and O–H groups in total. The molecule has 0 saturated heterocycles. The molecule has 0 unspecified atom stereocenters. The van der Waals surface area contributed by atoms with Crippen molar-refractivity contribution in [2.45, 2.75) is 13.8 Å². The molecule has 1 nitrogen and oxygen atoms in total. The molecule has 64 valence electrons.